The Kier molecular flexibility index (Phi) is 5.75. The van der Waals surface area contributed by atoms with Gasteiger partial charge in [-0.15, -0.1) is 0 Å². The monoisotopic (exact) mass is 359 g/mol. The molecule has 0 aromatic heterocycles. The third-order valence-corrected chi connectivity index (χ3v) is 4.54. The number of imide groups is 2. The van der Waals surface area contributed by atoms with Crippen LogP contribution in [0.3, 0.4) is 0 Å². The normalized spacial score (nSPS) is 22.1. The number of morpholine rings is 1. The molecule has 0 saturated carbocycles. The number of amides is 4. The average molecular weight is 359 g/mol. The first-order chi connectivity index (χ1) is 12.6. The van der Waals surface area contributed by atoms with E-state index >= 15 is 0 Å². The first kappa shape index (κ1) is 18.2. The topological polar surface area (TPSA) is 92.5 Å². The van der Waals surface area contributed by atoms with Crippen LogP contribution in [0.1, 0.15) is 5.56 Å². The zero-order valence-corrected chi connectivity index (χ0v) is 14.7. The van der Waals surface area contributed by atoms with Gasteiger partial charge in [0.05, 0.1) is 32.0 Å². The van der Waals surface area contributed by atoms with E-state index < -0.39 is 23.8 Å². The number of carbonyl (C=O) groups excluding carboxylic acids is 3. The van der Waals surface area contributed by atoms with Gasteiger partial charge in [0.25, 0.3) is 5.91 Å². The fourth-order valence-electron chi connectivity index (χ4n) is 2.97. The third-order valence-electron chi connectivity index (χ3n) is 4.54. The molecule has 2 fully saturated rings. The number of aliphatic imine (C=N–C) groups is 1. The van der Waals surface area contributed by atoms with E-state index in [9.17, 15) is 14.4 Å². The lowest BCUT2D eigenvalue weighted by Gasteiger charge is -2.28. The first-order valence-corrected chi connectivity index (χ1v) is 8.73. The molecular formula is C18H23N4O4+. The molecular weight excluding hydrogens is 336 g/mol. The van der Waals surface area contributed by atoms with Crippen molar-refractivity contribution in [3.8, 4) is 0 Å². The van der Waals surface area contributed by atoms with E-state index in [2.05, 4.69) is 10.3 Å². The lowest BCUT2D eigenvalue weighted by atomic mass is 10.1. The molecule has 0 aliphatic carbocycles. The number of anilines is 1. The van der Waals surface area contributed by atoms with Gasteiger partial charge < -0.3 is 9.64 Å². The number of hydrogen-bond acceptors (Lipinski definition) is 5. The minimum Gasteiger partial charge on any atom is -0.370 e. The highest BCUT2D eigenvalue weighted by atomic mass is 16.5. The summed E-state index contributed by atoms with van der Waals surface area (Å²) in [7, 11) is 0. The van der Waals surface area contributed by atoms with Crippen molar-refractivity contribution in [1.29, 1.82) is 0 Å². The highest BCUT2D eigenvalue weighted by molar-refractivity contribution is 6.32. The predicted molar refractivity (Wildman–Crippen MR) is 95.4 cm³/mol. The summed E-state index contributed by atoms with van der Waals surface area (Å²) < 4.78 is 5.31. The average Bonchev–Trinajstić information content (AvgIpc) is 2.63. The lowest BCUT2D eigenvalue weighted by Crippen LogP contribution is -3.14. The van der Waals surface area contributed by atoms with Crippen molar-refractivity contribution in [2.75, 3.05) is 44.3 Å². The molecule has 2 aliphatic heterocycles. The number of carbonyl (C=O) groups is 3. The van der Waals surface area contributed by atoms with Crippen molar-refractivity contribution in [2.24, 2.45) is 10.9 Å². The Hall–Kier alpha value is -2.58. The van der Waals surface area contributed by atoms with Crippen LogP contribution in [0.15, 0.2) is 29.3 Å². The molecule has 2 N–H and O–H groups in total. The Morgan fingerprint density at radius 3 is 2.62 bits per heavy atom. The summed E-state index contributed by atoms with van der Waals surface area (Å²) in [5.74, 6) is -2.30. The first-order valence-electron chi connectivity index (χ1n) is 8.73. The van der Waals surface area contributed by atoms with Crippen LogP contribution in [0, 0.1) is 12.8 Å². The Balaban J connectivity index is 1.65. The number of barbiturate groups is 1. The van der Waals surface area contributed by atoms with Crippen LogP contribution in [-0.2, 0) is 14.3 Å². The SMILES string of the molecule is Cc1ccc(N2C(=O)NC(=O)[C@H](C=NCC[NH+]3CCOCC3)C2=O)cc1. The van der Waals surface area contributed by atoms with Gasteiger partial charge in [0.2, 0.25) is 5.91 Å². The van der Waals surface area contributed by atoms with Crippen molar-refractivity contribution in [3.63, 3.8) is 0 Å². The zero-order valence-electron chi connectivity index (χ0n) is 14.7. The molecule has 2 heterocycles. The molecule has 0 radical (unpaired) electrons. The van der Waals surface area contributed by atoms with E-state index in [4.69, 9.17) is 4.74 Å². The largest absolute Gasteiger partial charge is 0.370 e. The molecule has 2 saturated heterocycles. The number of nitrogens with one attached hydrogen (secondary N) is 2. The van der Waals surface area contributed by atoms with Crippen LogP contribution < -0.4 is 15.1 Å². The standard InChI is InChI=1S/C18H22N4O4/c1-13-2-4-14(5-3-13)22-17(24)15(16(23)20-18(22)25)12-19-6-7-21-8-10-26-11-9-21/h2-5,12,15H,6-11H2,1H3,(H,20,23,25)/p+1/t15-/m0/s1. The number of urea groups is 1. The smallest absolute Gasteiger partial charge is 0.335 e. The Labute approximate surface area is 151 Å². The Bertz CT molecular complexity index is 710. The van der Waals surface area contributed by atoms with Crippen molar-refractivity contribution >= 4 is 29.7 Å². The van der Waals surface area contributed by atoms with Gasteiger partial charge in [-0.1, -0.05) is 17.7 Å². The van der Waals surface area contributed by atoms with Crippen LogP contribution in [0.5, 0.6) is 0 Å². The predicted octanol–water partition coefficient (Wildman–Crippen LogP) is -0.820. The second-order valence-corrected chi connectivity index (χ2v) is 6.45. The Morgan fingerprint density at radius 2 is 1.92 bits per heavy atom. The highest BCUT2D eigenvalue weighted by Gasteiger charge is 2.40. The van der Waals surface area contributed by atoms with Crippen LogP contribution in [-0.4, -0.2) is 63.5 Å². The van der Waals surface area contributed by atoms with Crippen molar-refractivity contribution in [3.05, 3.63) is 29.8 Å². The molecule has 3 rings (SSSR count). The quantitative estimate of drug-likeness (QED) is 0.531. The number of hydrogen-bond donors (Lipinski definition) is 2. The van der Waals surface area contributed by atoms with Gasteiger partial charge in [-0.3, -0.25) is 19.9 Å². The molecule has 0 spiro atoms. The van der Waals surface area contributed by atoms with E-state index in [-0.39, 0.29) is 0 Å². The Morgan fingerprint density at radius 1 is 1.23 bits per heavy atom. The maximum Gasteiger partial charge on any atom is 0.335 e. The second-order valence-electron chi connectivity index (χ2n) is 6.45. The number of quaternary nitrogens is 1. The van der Waals surface area contributed by atoms with Gasteiger partial charge in [-0.05, 0) is 19.1 Å². The summed E-state index contributed by atoms with van der Waals surface area (Å²) in [6.45, 7) is 6.62. The van der Waals surface area contributed by atoms with Crippen molar-refractivity contribution in [1.82, 2.24) is 5.32 Å². The number of nitrogens with zero attached hydrogens (tertiary/aromatic N) is 2. The summed E-state index contributed by atoms with van der Waals surface area (Å²) in [5.41, 5.74) is 1.44. The molecule has 1 aromatic carbocycles. The molecule has 4 amide bonds. The molecule has 0 unspecified atom stereocenters. The third kappa shape index (κ3) is 4.14. The van der Waals surface area contributed by atoms with E-state index in [0.29, 0.717) is 12.2 Å². The fraction of sp³-hybridized carbons (Fsp3) is 0.444. The summed E-state index contributed by atoms with van der Waals surface area (Å²) in [4.78, 5) is 43.4. The number of aryl methyl sites for hydroxylation is 1. The van der Waals surface area contributed by atoms with E-state index in [1.807, 2.05) is 6.92 Å². The maximum atomic E-state index is 12.7. The molecule has 138 valence electrons. The van der Waals surface area contributed by atoms with Crippen molar-refractivity contribution < 1.29 is 24.0 Å². The summed E-state index contributed by atoms with van der Waals surface area (Å²) >= 11 is 0. The van der Waals surface area contributed by atoms with Gasteiger partial charge in [0.1, 0.15) is 13.1 Å². The van der Waals surface area contributed by atoms with Crippen LogP contribution in [0.25, 0.3) is 0 Å². The van der Waals surface area contributed by atoms with Crippen LogP contribution in [0.2, 0.25) is 0 Å². The maximum absolute atomic E-state index is 12.7. The van der Waals surface area contributed by atoms with Crippen LogP contribution in [0.4, 0.5) is 10.5 Å². The zero-order chi connectivity index (χ0) is 18.5. The summed E-state index contributed by atoms with van der Waals surface area (Å²) in [6, 6.07) is 6.24. The molecule has 8 heteroatoms. The minimum atomic E-state index is -1.09. The number of benzene rings is 1. The van der Waals surface area contributed by atoms with Gasteiger partial charge >= 0.3 is 6.03 Å². The van der Waals surface area contributed by atoms with Gasteiger partial charge in [0.15, 0.2) is 5.92 Å². The van der Waals surface area contributed by atoms with Gasteiger partial charge in [0, 0.05) is 6.21 Å². The van der Waals surface area contributed by atoms with Crippen molar-refractivity contribution in [2.45, 2.75) is 6.92 Å². The number of rotatable bonds is 5. The second kappa shape index (κ2) is 8.20. The fourth-order valence-corrected chi connectivity index (χ4v) is 2.97. The molecule has 1 aromatic rings. The van der Waals surface area contributed by atoms with E-state index in [1.165, 1.54) is 11.1 Å². The summed E-state index contributed by atoms with van der Waals surface area (Å²) in [6.07, 6.45) is 1.35. The lowest BCUT2D eigenvalue weighted by molar-refractivity contribution is -0.906. The van der Waals surface area contributed by atoms with Crippen LogP contribution >= 0.6 is 0 Å². The number of ether oxygens (including phenoxy) is 1. The molecule has 2 aliphatic rings. The molecule has 8 nitrogen and oxygen atoms in total. The molecule has 1 atom stereocenters. The highest BCUT2D eigenvalue weighted by Crippen LogP contribution is 2.20. The minimum absolute atomic E-state index is 0.432. The summed E-state index contributed by atoms with van der Waals surface area (Å²) in [5, 5.41) is 2.23. The van der Waals surface area contributed by atoms with Gasteiger partial charge in [-0.2, -0.15) is 0 Å². The van der Waals surface area contributed by atoms with E-state index in [1.54, 1.807) is 24.3 Å². The molecule has 26 heavy (non-hydrogen) atoms. The molecule has 0 bridgehead atoms. The van der Waals surface area contributed by atoms with E-state index in [0.717, 1.165) is 43.3 Å². The van der Waals surface area contributed by atoms with Gasteiger partial charge in [-0.25, -0.2) is 9.69 Å².